The lowest BCUT2D eigenvalue weighted by Gasteiger charge is -2.28. The normalized spacial score (nSPS) is 14.1. The first-order valence-corrected chi connectivity index (χ1v) is 9.01. The molecule has 136 valence electrons. The quantitative estimate of drug-likeness (QED) is 0.527. The van der Waals surface area contributed by atoms with Crippen molar-refractivity contribution in [1.82, 2.24) is 14.8 Å². The van der Waals surface area contributed by atoms with E-state index in [1.807, 2.05) is 0 Å². The highest BCUT2D eigenvalue weighted by Gasteiger charge is 2.21. The van der Waals surface area contributed by atoms with Crippen LogP contribution in [-0.2, 0) is 19.1 Å². The van der Waals surface area contributed by atoms with Gasteiger partial charge in [0.25, 0.3) is 5.91 Å². The second-order valence-electron chi connectivity index (χ2n) is 5.38. The molecule has 1 saturated heterocycles. The van der Waals surface area contributed by atoms with Crippen molar-refractivity contribution in [1.29, 1.82) is 0 Å². The van der Waals surface area contributed by atoms with Crippen molar-refractivity contribution in [2.24, 2.45) is 0 Å². The fourth-order valence-corrected chi connectivity index (χ4v) is 2.77. The number of carbonyl (C=O) groups is 3. The molecule has 0 spiro atoms. The van der Waals surface area contributed by atoms with E-state index in [-0.39, 0.29) is 12.5 Å². The number of ether oxygens (including phenoxy) is 2. The zero-order chi connectivity index (χ0) is 18.2. The van der Waals surface area contributed by atoms with Crippen LogP contribution >= 0.6 is 11.8 Å². The molecule has 2 rings (SSSR count). The van der Waals surface area contributed by atoms with E-state index in [1.54, 1.807) is 29.5 Å². The number of likely N-dealkylation sites (N-methyl/N-ethyl adjacent to an activating group) is 1. The molecule has 1 fully saturated rings. The molecule has 0 N–H and O–H groups in total. The van der Waals surface area contributed by atoms with Crippen LogP contribution in [0.1, 0.15) is 10.4 Å². The molecule has 0 aliphatic carbocycles. The van der Waals surface area contributed by atoms with Gasteiger partial charge in [0.15, 0.2) is 6.61 Å². The molecule has 9 heteroatoms. The molecule has 2 heterocycles. The van der Waals surface area contributed by atoms with Gasteiger partial charge in [-0.1, -0.05) is 0 Å². The summed E-state index contributed by atoms with van der Waals surface area (Å²) in [5.41, 5.74) is 0.315. The Bertz CT molecular complexity index is 634. The van der Waals surface area contributed by atoms with Crippen molar-refractivity contribution in [3.05, 3.63) is 23.9 Å². The summed E-state index contributed by atoms with van der Waals surface area (Å²) in [6.45, 7) is 1.57. The summed E-state index contributed by atoms with van der Waals surface area (Å²) in [5.74, 6) is -1.20. The van der Waals surface area contributed by atoms with Gasteiger partial charge in [-0.3, -0.25) is 9.59 Å². The van der Waals surface area contributed by atoms with E-state index in [9.17, 15) is 14.4 Å². The average Bonchev–Trinajstić information content (AvgIpc) is 2.66. The summed E-state index contributed by atoms with van der Waals surface area (Å²) >= 11 is 1.32. The van der Waals surface area contributed by atoms with Gasteiger partial charge in [-0.25, -0.2) is 9.78 Å². The molecule has 0 atom stereocenters. The zero-order valence-corrected chi connectivity index (χ0v) is 15.1. The number of aromatic nitrogens is 1. The van der Waals surface area contributed by atoms with Crippen molar-refractivity contribution in [2.75, 3.05) is 52.8 Å². The summed E-state index contributed by atoms with van der Waals surface area (Å²) in [5, 5.41) is 0.538. The maximum Gasteiger partial charge on any atom is 0.341 e. The van der Waals surface area contributed by atoms with Crippen molar-refractivity contribution in [3.8, 4) is 0 Å². The van der Waals surface area contributed by atoms with E-state index < -0.39 is 18.5 Å². The van der Waals surface area contributed by atoms with Gasteiger partial charge in [0.1, 0.15) is 5.03 Å². The van der Waals surface area contributed by atoms with Crippen LogP contribution in [0, 0.1) is 0 Å². The lowest BCUT2D eigenvalue weighted by molar-refractivity contribution is -0.143. The second-order valence-corrected chi connectivity index (χ2v) is 6.17. The number of hydrogen-bond acceptors (Lipinski definition) is 7. The molecule has 0 unspecified atom stereocenters. The molecule has 1 aliphatic heterocycles. The minimum Gasteiger partial charge on any atom is -0.452 e. The number of pyridine rings is 1. The maximum atomic E-state index is 12.1. The molecule has 2 amide bonds. The summed E-state index contributed by atoms with van der Waals surface area (Å²) in [4.78, 5) is 43.3. The van der Waals surface area contributed by atoms with E-state index in [2.05, 4.69) is 4.98 Å². The third-order valence-electron chi connectivity index (χ3n) is 3.67. The van der Waals surface area contributed by atoms with Gasteiger partial charge in [-0.15, -0.1) is 11.8 Å². The van der Waals surface area contributed by atoms with Gasteiger partial charge in [0.2, 0.25) is 5.91 Å². The monoisotopic (exact) mass is 367 g/mol. The molecule has 0 aromatic carbocycles. The maximum absolute atomic E-state index is 12.1. The SMILES string of the molecule is CSc1ncccc1C(=O)OCC(=O)N(C)CC(=O)N1CCOCC1. The number of morpholine rings is 1. The largest absolute Gasteiger partial charge is 0.452 e. The van der Waals surface area contributed by atoms with E-state index in [4.69, 9.17) is 9.47 Å². The number of carbonyl (C=O) groups excluding carboxylic acids is 3. The lowest BCUT2D eigenvalue weighted by Crippen LogP contribution is -2.46. The van der Waals surface area contributed by atoms with Gasteiger partial charge < -0.3 is 19.3 Å². The highest BCUT2D eigenvalue weighted by molar-refractivity contribution is 7.98. The van der Waals surface area contributed by atoms with E-state index in [0.29, 0.717) is 36.9 Å². The van der Waals surface area contributed by atoms with Crippen LogP contribution in [0.2, 0.25) is 0 Å². The smallest absolute Gasteiger partial charge is 0.341 e. The number of hydrogen-bond donors (Lipinski definition) is 0. The van der Waals surface area contributed by atoms with Gasteiger partial charge >= 0.3 is 5.97 Å². The number of thioether (sulfide) groups is 1. The van der Waals surface area contributed by atoms with Crippen molar-refractivity contribution < 1.29 is 23.9 Å². The minimum absolute atomic E-state index is 0.0562. The predicted molar refractivity (Wildman–Crippen MR) is 91.3 cm³/mol. The zero-order valence-electron chi connectivity index (χ0n) is 14.3. The van der Waals surface area contributed by atoms with Crippen LogP contribution < -0.4 is 0 Å². The Hall–Kier alpha value is -2.13. The fourth-order valence-electron chi connectivity index (χ4n) is 2.23. The minimum atomic E-state index is -0.612. The summed E-state index contributed by atoms with van der Waals surface area (Å²) in [6.07, 6.45) is 3.38. The Morgan fingerprint density at radius 2 is 2.08 bits per heavy atom. The number of amides is 2. The topological polar surface area (TPSA) is 89.0 Å². The van der Waals surface area contributed by atoms with Crippen molar-refractivity contribution in [3.63, 3.8) is 0 Å². The van der Waals surface area contributed by atoms with Crippen LogP contribution in [0.5, 0.6) is 0 Å². The molecule has 0 bridgehead atoms. The predicted octanol–water partition coefficient (Wildman–Crippen LogP) is 0.278. The Morgan fingerprint density at radius 1 is 1.36 bits per heavy atom. The number of esters is 1. The molecule has 0 radical (unpaired) electrons. The van der Waals surface area contributed by atoms with Crippen LogP contribution in [0.3, 0.4) is 0 Å². The molecular formula is C16H21N3O5S. The summed E-state index contributed by atoms with van der Waals surface area (Å²) in [6, 6.07) is 3.22. The Kier molecular flexibility index (Phi) is 7.20. The average molecular weight is 367 g/mol. The standard InChI is InChI=1S/C16H21N3O5S/c1-18(10-13(20)19-6-8-23-9-7-19)14(21)11-24-16(22)12-4-3-5-17-15(12)25-2/h3-5H,6-11H2,1-2H3. The van der Waals surface area contributed by atoms with Gasteiger partial charge in [-0.05, 0) is 18.4 Å². The van der Waals surface area contributed by atoms with Crippen LogP contribution in [-0.4, -0.2) is 85.3 Å². The molecule has 1 aromatic heterocycles. The molecule has 0 saturated carbocycles. The number of nitrogens with zero attached hydrogens (tertiary/aromatic N) is 3. The Morgan fingerprint density at radius 3 is 2.76 bits per heavy atom. The van der Waals surface area contributed by atoms with E-state index in [0.717, 1.165) is 0 Å². The van der Waals surface area contributed by atoms with Crippen molar-refractivity contribution in [2.45, 2.75) is 5.03 Å². The van der Waals surface area contributed by atoms with E-state index >= 15 is 0 Å². The molecular weight excluding hydrogens is 346 g/mol. The van der Waals surface area contributed by atoms with Gasteiger partial charge in [0, 0.05) is 26.3 Å². The van der Waals surface area contributed by atoms with Crippen molar-refractivity contribution >= 4 is 29.5 Å². The highest BCUT2D eigenvalue weighted by atomic mass is 32.2. The summed E-state index contributed by atoms with van der Waals surface area (Å²) < 4.78 is 10.2. The third kappa shape index (κ3) is 5.43. The Labute approximate surface area is 150 Å². The van der Waals surface area contributed by atoms with Crippen LogP contribution in [0.4, 0.5) is 0 Å². The summed E-state index contributed by atoms with van der Waals surface area (Å²) in [7, 11) is 1.51. The first-order valence-electron chi connectivity index (χ1n) is 7.78. The fraction of sp³-hybridized carbons (Fsp3) is 0.500. The third-order valence-corrected chi connectivity index (χ3v) is 4.39. The Balaban J connectivity index is 1.82. The van der Waals surface area contributed by atoms with Crippen LogP contribution in [0.25, 0.3) is 0 Å². The molecule has 1 aromatic rings. The van der Waals surface area contributed by atoms with Gasteiger partial charge in [0.05, 0.1) is 25.3 Å². The first-order chi connectivity index (χ1) is 12.0. The highest BCUT2D eigenvalue weighted by Crippen LogP contribution is 2.17. The first kappa shape index (κ1) is 19.2. The molecule has 25 heavy (non-hydrogen) atoms. The van der Waals surface area contributed by atoms with E-state index in [1.165, 1.54) is 23.7 Å². The molecule has 1 aliphatic rings. The van der Waals surface area contributed by atoms with Gasteiger partial charge in [-0.2, -0.15) is 0 Å². The lowest BCUT2D eigenvalue weighted by atomic mass is 10.3. The van der Waals surface area contributed by atoms with Crippen LogP contribution in [0.15, 0.2) is 23.4 Å². The molecule has 8 nitrogen and oxygen atoms in total. The second kappa shape index (κ2) is 9.38. The number of rotatable bonds is 6.